The molecule has 1 heterocycles. The molecule has 1 saturated heterocycles. The van der Waals surface area contributed by atoms with Gasteiger partial charge in [-0.3, -0.25) is 0 Å². The van der Waals surface area contributed by atoms with E-state index in [2.05, 4.69) is 10.2 Å². The van der Waals surface area contributed by atoms with Crippen molar-refractivity contribution in [2.24, 2.45) is 0 Å². The lowest BCUT2D eigenvalue weighted by atomic mass is 10.2. The summed E-state index contributed by atoms with van der Waals surface area (Å²) in [4.78, 5) is 2.32. The first-order chi connectivity index (χ1) is 9.04. The second-order valence-corrected chi connectivity index (χ2v) is 6.97. The lowest BCUT2D eigenvalue weighted by Gasteiger charge is -2.29. The third-order valence-corrected chi connectivity index (χ3v) is 3.95. The van der Waals surface area contributed by atoms with Crippen LogP contribution in [0.5, 0.6) is 5.75 Å². The number of piperazine rings is 1. The molecule has 1 aliphatic heterocycles. The summed E-state index contributed by atoms with van der Waals surface area (Å²) < 4.78 is 27.4. The maximum atomic E-state index is 11.0. The standard InChI is InChI=1S/C13H20N2O3S/c1-19(16,17)11-10-18-13-4-2-12(3-5-13)15-8-6-14-7-9-15/h2-5,14H,6-11H2,1H3. The molecule has 106 valence electrons. The van der Waals surface area contributed by atoms with Crippen LogP contribution in [0.3, 0.4) is 0 Å². The van der Waals surface area contributed by atoms with Crippen molar-refractivity contribution in [1.82, 2.24) is 5.32 Å². The normalized spacial score (nSPS) is 16.4. The minimum atomic E-state index is -2.96. The fraction of sp³-hybridized carbons (Fsp3) is 0.538. The first-order valence-corrected chi connectivity index (χ1v) is 8.47. The zero-order valence-corrected chi connectivity index (χ0v) is 11.9. The van der Waals surface area contributed by atoms with Crippen LogP contribution in [0.1, 0.15) is 0 Å². The molecule has 0 spiro atoms. The van der Waals surface area contributed by atoms with Gasteiger partial charge in [-0.1, -0.05) is 0 Å². The van der Waals surface area contributed by atoms with E-state index in [1.807, 2.05) is 24.3 Å². The van der Waals surface area contributed by atoms with Crippen molar-refractivity contribution in [3.8, 4) is 5.75 Å². The molecule has 19 heavy (non-hydrogen) atoms. The Bertz CT molecular complexity index is 493. The quantitative estimate of drug-likeness (QED) is 0.854. The smallest absolute Gasteiger partial charge is 0.150 e. The number of sulfone groups is 1. The minimum absolute atomic E-state index is 0.0482. The van der Waals surface area contributed by atoms with Crippen molar-refractivity contribution in [2.75, 3.05) is 49.7 Å². The lowest BCUT2D eigenvalue weighted by Crippen LogP contribution is -2.43. The highest BCUT2D eigenvalue weighted by Gasteiger charge is 2.10. The number of benzene rings is 1. The lowest BCUT2D eigenvalue weighted by molar-refractivity contribution is 0.341. The maximum absolute atomic E-state index is 11.0. The Labute approximate surface area is 114 Å². The van der Waals surface area contributed by atoms with E-state index >= 15 is 0 Å². The van der Waals surface area contributed by atoms with E-state index in [0.717, 1.165) is 26.2 Å². The Morgan fingerprint density at radius 3 is 2.42 bits per heavy atom. The maximum Gasteiger partial charge on any atom is 0.150 e. The van der Waals surface area contributed by atoms with Crippen LogP contribution in [-0.4, -0.2) is 53.2 Å². The molecule has 1 aromatic carbocycles. The summed E-state index contributed by atoms with van der Waals surface area (Å²) in [5.41, 5.74) is 1.18. The van der Waals surface area contributed by atoms with Crippen LogP contribution in [0, 0.1) is 0 Å². The number of hydrogen-bond acceptors (Lipinski definition) is 5. The first-order valence-electron chi connectivity index (χ1n) is 6.41. The number of hydrogen-bond donors (Lipinski definition) is 1. The van der Waals surface area contributed by atoms with Crippen molar-refractivity contribution in [1.29, 1.82) is 0 Å². The van der Waals surface area contributed by atoms with E-state index in [1.54, 1.807) is 0 Å². The highest BCUT2D eigenvalue weighted by molar-refractivity contribution is 7.90. The van der Waals surface area contributed by atoms with Crippen LogP contribution in [0.2, 0.25) is 0 Å². The molecule has 0 atom stereocenters. The Balaban J connectivity index is 1.87. The minimum Gasteiger partial charge on any atom is -0.493 e. The van der Waals surface area contributed by atoms with Crippen molar-refractivity contribution in [3.63, 3.8) is 0 Å². The van der Waals surface area contributed by atoms with Gasteiger partial charge in [0.15, 0.2) is 9.84 Å². The molecule has 0 aromatic heterocycles. The number of nitrogens with zero attached hydrogens (tertiary/aromatic N) is 1. The molecule has 1 aromatic rings. The summed E-state index contributed by atoms with van der Waals surface area (Å²) >= 11 is 0. The molecule has 1 N–H and O–H groups in total. The summed E-state index contributed by atoms with van der Waals surface area (Å²) in [7, 11) is -2.96. The van der Waals surface area contributed by atoms with E-state index in [0.29, 0.717) is 5.75 Å². The molecule has 1 aliphatic rings. The average Bonchev–Trinajstić information content (AvgIpc) is 2.39. The van der Waals surface area contributed by atoms with E-state index in [9.17, 15) is 8.42 Å². The first kappa shape index (κ1) is 14.1. The van der Waals surface area contributed by atoms with E-state index in [4.69, 9.17) is 4.74 Å². The van der Waals surface area contributed by atoms with Crippen molar-refractivity contribution in [2.45, 2.75) is 0 Å². The van der Waals surface area contributed by atoms with E-state index < -0.39 is 9.84 Å². The van der Waals surface area contributed by atoms with Gasteiger partial charge < -0.3 is 15.0 Å². The molecular weight excluding hydrogens is 264 g/mol. The fourth-order valence-corrected chi connectivity index (χ4v) is 2.37. The second kappa shape index (κ2) is 6.25. The molecule has 0 aliphatic carbocycles. The summed E-state index contributed by atoms with van der Waals surface area (Å²) in [6.07, 6.45) is 1.21. The van der Waals surface area contributed by atoms with Gasteiger partial charge in [0, 0.05) is 38.1 Å². The van der Waals surface area contributed by atoms with Crippen LogP contribution in [0.15, 0.2) is 24.3 Å². The predicted octanol–water partition coefficient (Wildman–Crippen LogP) is 0.520. The molecule has 0 amide bonds. The van der Waals surface area contributed by atoms with Gasteiger partial charge in [-0.05, 0) is 24.3 Å². The SMILES string of the molecule is CS(=O)(=O)CCOc1ccc(N2CCNCC2)cc1. The topological polar surface area (TPSA) is 58.6 Å². The Morgan fingerprint density at radius 1 is 1.21 bits per heavy atom. The van der Waals surface area contributed by atoms with Crippen molar-refractivity contribution >= 4 is 15.5 Å². The van der Waals surface area contributed by atoms with Crippen LogP contribution < -0.4 is 15.0 Å². The third-order valence-electron chi connectivity index (χ3n) is 3.04. The Hall–Kier alpha value is -1.27. The molecule has 6 heteroatoms. The fourth-order valence-electron chi connectivity index (χ4n) is 1.99. The molecule has 0 radical (unpaired) electrons. The van der Waals surface area contributed by atoms with Gasteiger partial charge in [0.25, 0.3) is 0 Å². The summed E-state index contributed by atoms with van der Waals surface area (Å²) in [5, 5.41) is 3.31. The molecular formula is C13H20N2O3S. The van der Waals surface area contributed by atoms with Gasteiger partial charge in [0.2, 0.25) is 0 Å². The highest BCUT2D eigenvalue weighted by Crippen LogP contribution is 2.19. The molecule has 1 fully saturated rings. The molecule has 2 rings (SSSR count). The van der Waals surface area contributed by atoms with Gasteiger partial charge in [0.1, 0.15) is 12.4 Å². The third kappa shape index (κ3) is 4.72. The van der Waals surface area contributed by atoms with Gasteiger partial charge in [0.05, 0.1) is 5.75 Å². The second-order valence-electron chi connectivity index (χ2n) is 4.71. The summed E-state index contributed by atoms with van der Waals surface area (Å²) in [5.74, 6) is 0.759. The predicted molar refractivity (Wildman–Crippen MR) is 76.7 cm³/mol. The largest absolute Gasteiger partial charge is 0.493 e. The van der Waals surface area contributed by atoms with Gasteiger partial charge in [-0.15, -0.1) is 0 Å². The summed E-state index contributed by atoms with van der Waals surface area (Å²) in [6.45, 7) is 4.23. The van der Waals surface area contributed by atoms with Crippen LogP contribution in [-0.2, 0) is 9.84 Å². The molecule has 0 bridgehead atoms. The van der Waals surface area contributed by atoms with E-state index in [1.165, 1.54) is 11.9 Å². The van der Waals surface area contributed by atoms with Gasteiger partial charge in [-0.25, -0.2) is 8.42 Å². The zero-order chi connectivity index (χ0) is 13.7. The average molecular weight is 284 g/mol. The Kier molecular flexibility index (Phi) is 4.66. The number of ether oxygens (including phenoxy) is 1. The number of anilines is 1. The highest BCUT2D eigenvalue weighted by atomic mass is 32.2. The summed E-state index contributed by atoms with van der Waals surface area (Å²) in [6, 6.07) is 7.81. The van der Waals surface area contributed by atoms with E-state index in [-0.39, 0.29) is 12.4 Å². The molecule has 0 saturated carbocycles. The monoisotopic (exact) mass is 284 g/mol. The molecule has 5 nitrogen and oxygen atoms in total. The van der Waals surface area contributed by atoms with Crippen LogP contribution >= 0.6 is 0 Å². The van der Waals surface area contributed by atoms with Crippen molar-refractivity contribution in [3.05, 3.63) is 24.3 Å². The zero-order valence-electron chi connectivity index (χ0n) is 11.1. The Morgan fingerprint density at radius 2 is 1.84 bits per heavy atom. The van der Waals surface area contributed by atoms with Gasteiger partial charge >= 0.3 is 0 Å². The van der Waals surface area contributed by atoms with Crippen molar-refractivity contribution < 1.29 is 13.2 Å². The molecule has 0 unspecified atom stereocenters. The number of rotatable bonds is 5. The van der Waals surface area contributed by atoms with Crippen LogP contribution in [0.25, 0.3) is 0 Å². The van der Waals surface area contributed by atoms with Crippen LogP contribution in [0.4, 0.5) is 5.69 Å². The number of nitrogens with one attached hydrogen (secondary N) is 1. The van der Waals surface area contributed by atoms with Gasteiger partial charge in [-0.2, -0.15) is 0 Å².